The maximum absolute atomic E-state index is 9.48. The fourth-order valence-electron chi connectivity index (χ4n) is 2.12. The van der Waals surface area contributed by atoms with Gasteiger partial charge in [0, 0.05) is 29.1 Å². The Balaban J connectivity index is 2.03. The Labute approximate surface area is 99.6 Å². The van der Waals surface area contributed by atoms with Crippen LogP contribution in [-0.2, 0) is 0 Å². The third-order valence-corrected chi connectivity index (χ3v) is 2.95. The second-order valence-electron chi connectivity index (χ2n) is 4.20. The molecule has 2 nitrogen and oxygen atoms in total. The first-order valence-corrected chi connectivity index (χ1v) is 5.66. The van der Waals surface area contributed by atoms with Gasteiger partial charge in [-0.1, -0.05) is 30.4 Å². The van der Waals surface area contributed by atoms with E-state index in [1.54, 1.807) is 6.08 Å². The van der Waals surface area contributed by atoms with Crippen molar-refractivity contribution in [1.82, 2.24) is 4.98 Å². The number of aromatic nitrogens is 1. The van der Waals surface area contributed by atoms with Crippen molar-refractivity contribution in [2.24, 2.45) is 0 Å². The summed E-state index contributed by atoms with van der Waals surface area (Å²) in [6.45, 7) is 0. The van der Waals surface area contributed by atoms with E-state index in [0.717, 1.165) is 16.7 Å². The normalized spacial score (nSPS) is 17.6. The second kappa shape index (κ2) is 3.98. The van der Waals surface area contributed by atoms with E-state index in [1.165, 1.54) is 5.39 Å². The van der Waals surface area contributed by atoms with Crippen LogP contribution in [0.25, 0.3) is 17.0 Å². The molecular formula is C15H13NO. The van der Waals surface area contributed by atoms with Gasteiger partial charge in [0.1, 0.15) is 0 Å². The number of aliphatic hydroxyl groups is 1. The van der Waals surface area contributed by atoms with Gasteiger partial charge in [0.2, 0.25) is 0 Å². The van der Waals surface area contributed by atoms with Crippen LogP contribution >= 0.6 is 0 Å². The number of benzene rings is 1. The Morgan fingerprint density at radius 1 is 1.24 bits per heavy atom. The van der Waals surface area contributed by atoms with E-state index in [-0.39, 0.29) is 0 Å². The number of rotatable bonds is 1. The SMILES string of the molecule is OC1=CC=C/C(=C\c2c[nH]c3ccccc23)C1. The lowest BCUT2D eigenvalue weighted by Crippen LogP contribution is -1.88. The van der Waals surface area contributed by atoms with Gasteiger partial charge < -0.3 is 10.1 Å². The summed E-state index contributed by atoms with van der Waals surface area (Å²) in [5.74, 6) is 0.415. The Morgan fingerprint density at radius 2 is 2.12 bits per heavy atom. The van der Waals surface area contributed by atoms with Crippen LogP contribution in [0, 0.1) is 0 Å². The number of hydrogen-bond acceptors (Lipinski definition) is 1. The fourth-order valence-corrected chi connectivity index (χ4v) is 2.12. The maximum Gasteiger partial charge on any atom is 0.0966 e. The van der Waals surface area contributed by atoms with E-state index in [2.05, 4.69) is 23.2 Å². The van der Waals surface area contributed by atoms with Gasteiger partial charge in [-0.3, -0.25) is 0 Å². The number of H-pyrrole nitrogens is 1. The molecule has 0 radical (unpaired) electrons. The Kier molecular flexibility index (Phi) is 2.33. The monoisotopic (exact) mass is 223 g/mol. The molecule has 1 aliphatic rings. The molecule has 0 aliphatic heterocycles. The number of allylic oxidation sites excluding steroid dienone is 4. The lowest BCUT2D eigenvalue weighted by molar-refractivity contribution is 0.398. The first-order chi connectivity index (χ1) is 8.33. The predicted molar refractivity (Wildman–Crippen MR) is 70.7 cm³/mol. The molecule has 84 valence electrons. The molecule has 0 spiro atoms. The summed E-state index contributed by atoms with van der Waals surface area (Å²) in [4.78, 5) is 3.24. The molecule has 3 rings (SSSR count). The van der Waals surface area contributed by atoms with Crippen LogP contribution in [-0.4, -0.2) is 10.1 Å². The zero-order valence-electron chi connectivity index (χ0n) is 9.35. The minimum absolute atomic E-state index is 0.415. The molecule has 0 atom stereocenters. The first kappa shape index (κ1) is 9.97. The molecule has 0 saturated heterocycles. The third-order valence-electron chi connectivity index (χ3n) is 2.95. The third kappa shape index (κ3) is 1.89. The minimum atomic E-state index is 0.415. The van der Waals surface area contributed by atoms with Crippen LogP contribution in [0.5, 0.6) is 0 Å². The van der Waals surface area contributed by atoms with Gasteiger partial charge in [-0.25, -0.2) is 0 Å². The molecule has 0 unspecified atom stereocenters. The van der Waals surface area contributed by atoms with Gasteiger partial charge in [-0.2, -0.15) is 0 Å². The smallest absolute Gasteiger partial charge is 0.0966 e. The highest BCUT2D eigenvalue weighted by molar-refractivity contribution is 5.89. The Morgan fingerprint density at radius 3 is 3.00 bits per heavy atom. The molecule has 0 saturated carbocycles. The van der Waals surface area contributed by atoms with Gasteiger partial charge in [0.15, 0.2) is 0 Å². The van der Waals surface area contributed by atoms with E-state index < -0.39 is 0 Å². The molecule has 2 N–H and O–H groups in total. The van der Waals surface area contributed by atoms with E-state index in [4.69, 9.17) is 0 Å². The molecular weight excluding hydrogens is 210 g/mol. The molecule has 1 heterocycles. The predicted octanol–water partition coefficient (Wildman–Crippen LogP) is 3.95. The molecule has 1 aliphatic carbocycles. The molecule has 0 fully saturated rings. The maximum atomic E-state index is 9.48. The summed E-state index contributed by atoms with van der Waals surface area (Å²) in [7, 11) is 0. The van der Waals surface area contributed by atoms with Crippen LogP contribution in [0.2, 0.25) is 0 Å². The van der Waals surface area contributed by atoms with Crippen molar-refractivity contribution in [3.05, 3.63) is 65.6 Å². The fraction of sp³-hybridized carbons (Fsp3) is 0.0667. The molecule has 2 heteroatoms. The number of hydrogen-bond donors (Lipinski definition) is 2. The summed E-state index contributed by atoms with van der Waals surface area (Å²) in [5, 5.41) is 10.7. The van der Waals surface area contributed by atoms with E-state index in [1.807, 2.05) is 30.5 Å². The lowest BCUT2D eigenvalue weighted by Gasteiger charge is -2.05. The highest BCUT2D eigenvalue weighted by Crippen LogP contribution is 2.24. The molecule has 0 bridgehead atoms. The number of aliphatic hydroxyl groups excluding tert-OH is 1. The minimum Gasteiger partial charge on any atom is -0.512 e. The molecule has 1 aromatic carbocycles. The van der Waals surface area contributed by atoms with Crippen molar-refractivity contribution >= 4 is 17.0 Å². The van der Waals surface area contributed by atoms with Gasteiger partial charge in [0.05, 0.1) is 5.76 Å². The molecule has 0 amide bonds. The standard InChI is InChI=1S/C15H13NO/c17-13-5-3-4-11(9-13)8-12-10-16-15-7-2-1-6-14(12)15/h1-8,10,16-17H,9H2/b11-8+. The largest absolute Gasteiger partial charge is 0.512 e. The Hall–Kier alpha value is -2.22. The quantitative estimate of drug-likeness (QED) is 0.754. The second-order valence-corrected chi connectivity index (χ2v) is 4.20. The lowest BCUT2D eigenvalue weighted by atomic mass is 10.0. The summed E-state index contributed by atoms with van der Waals surface area (Å²) < 4.78 is 0. The average Bonchev–Trinajstić information content (AvgIpc) is 2.73. The molecule has 1 aromatic heterocycles. The van der Waals surface area contributed by atoms with Crippen molar-refractivity contribution < 1.29 is 5.11 Å². The van der Waals surface area contributed by atoms with E-state index >= 15 is 0 Å². The van der Waals surface area contributed by atoms with Crippen LogP contribution in [0.3, 0.4) is 0 Å². The average molecular weight is 223 g/mol. The Bertz CT molecular complexity index is 644. The zero-order valence-corrected chi connectivity index (χ0v) is 9.35. The summed E-state index contributed by atoms with van der Waals surface area (Å²) in [5.41, 5.74) is 3.42. The van der Waals surface area contributed by atoms with Crippen molar-refractivity contribution in [3.63, 3.8) is 0 Å². The highest BCUT2D eigenvalue weighted by Gasteiger charge is 2.04. The van der Waals surface area contributed by atoms with Crippen molar-refractivity contribution in [1.29, 1.82) is 0 Å². The van der Waals surface area contributed by atoms with Crippen LogP contribution in [0.4, 0.5) is 0 Å². The summed E-state index contributed by atoms with van der Waals surface area (Å²) in [6, 6.07) is 8.21. The number of para-hydroxylation sites is 1. The van der Waals surface area contributed by atoms with Crippen molar-refractivity contribution in [2.75, 3.05) is 0 Å². The van der Waals surface area contributed by atoms with Gasteiger partial charge in [-0.15, -0.1) is 0 Å². The van der Waals surface area contributed by atoms with Crippen molar-refractivity contribution in [3.8, 4) is 0 Å². The van der Waals surface area contributed by atoms with Crippen LogP contribution < -0.4 is 0 Å². The van der Waals surface area contributed by atoms with Crippen LogP contribution in [0.1, 0.15) is 12.0 Å². The molecule has 17 heavy (non-hydrogen) atoms. The summed E-state index contributed by atoms with van der Waals surface area (Å²) in [6.07, 6.45) is 10.4. The molecule has 2 aromatic rings. The topological polar surface area (TPSA) is 36.0 Å². The van der Waals surface area contributed by atoms with Gasteiger partial charge in [-0.05, 0) is 23.8 Å². The first-order valence-electron chi connectivity index (χ1n) is 5.66. The summed E-state index contributed by atoms with van der Waals surface area (Å²) >= 11 is 0. The van der Waals surface area contributed by atoms with Gasteiger partial charge in [0.25, 0.3) is 0 Å². The number of aromatic amines is 1. The van der Waals surface area contributed by atoms with E-state index in [9.17, 15) is 5.11 Å². The number of fused-ring (bicyclic) bond motifs is 1. The zero-order chi connectivity index (χ0) is 11.7. The van der Waals surface area contributed by atoms with Gasteiger partial charge >= 0.3 is 0 Å². The van der Waals surface area contributed by atoms with Crippen LogP contribution in [0.15, 0.2) is 60.0 Å². The number of nitrogens with one attached hydrogen (secondary N) is 1. The van der Waals surface area contributed by atoms with E-state index in [0.29, 0.717) is 12.2 Å². The van der Waals surface area contributed by atoms with Crippen molar-refractivity contribution in [2.45, 2.75) is 6.42 Å². The highest BCUT2D eigenvalue weighted by atomic mass is 16.3.